The van der Waals surface area contributed by atoms with Gasteiger partial charge in [-0.3, -0.25) is 9.59 Å². The first-order valence-electron chi connectivity index (χ1n) is 8.27. The fraction of sp³-hybridized carbons (Fsp3) is 0.278. The summed E-state index contributed by atoms with van der Waals surface area (Å²) in [5, 5.41) is 6.57. The Hall–Kier alpha value is -3.36. The first-order chi connectivity index (χ1) is 13.0. The van der Waals surface area contributed by atoms with E-state index in [4.69, 9.17) is 4.74 Å². The van der Waals surface area contributed by atoms with Crippen LogP contribution in [0.2, 0.25) is 0 Å². The molecular formula is C18H18FN5O3. The molecule has 0 aliphatic rings. The Morgan fingerprint density at radius 2 is 2.04 bits per heavy atom. The second-order valence-electron chi connectivity index (χ2n) is 5.94. The molecule has 0 aliphatic carbocycles. The Balaban J connectivity index is 1.54. The lowest BCUT2D eigenvalue weighted by Crippen LogP contribution is -2.29. The van der Waals surface area contributed by atoms with E-state index in [2.05, 4.69) is 20.4 Å². The molecule has 9 heteroatoms. The summed E-state index contributed by atoms with van der Waals surface area (Å²) in [4.78, 5) is 32.2. The van der Waals surface area contributed by atoms with Gasteiger partial charge in [-0.15, -0.1) is 0 Å². The normalized spacial score (nSPS) is 10.8. The van der Waals surface area contributed by atoms with Gasteiger partial charge in [0.25, 0.3) is 11.7 Å². The van der Waals surface area contributed by atoms with Crippen LogP contribution in [-0.4, -0.2) is 38.1 Å². The molecule has 0 atom stereocenters. The maximum absolute atomic E-state index is 13.5. The predicted molar refractivity (Wildman–Crippen MR) is 93.2 cm³/mol. The van der Waals surface area contributed by atoms with Crippen LogP contribution in [0, 0.1) is 19.7 Å². The molecule has 8 nitrogen and oxygen atoms in total. The molecule has 3 aromatic rings. The number of rotatable bonds is 6. The molecule has 1 aromatic carbocycles. The number of ether oxygens (including phenoxy) is 1. The van der Waals surface area contributed by atoms with Gasteiger partial charge < -0.3 is 10.1 Å². The third-order valence-corrected chi connectivity index (χ3v) is 4.11. The van der Waals surface area contributed by atoms with Crippen LogP contribution in [0.5, 0.6) is 0 Å². The van der Waals surface area contributed by atoms with Gasteiger partial charge in [-0.1, -0.05) is 18.2 Å². The van der Waals surface area contributed by atoms with Gasteiger partial charge in [0.15, 0.2) is 6.61 Å². The Morgan fingerprint density at radius 1 is 1.26 bits per heavy atom. The van der Waals surface area contributed by atoms with Crippen LogP contribution in [0.25, 0.3) is 5.78 Å². The topological polar surface area (TPSA) is 98.5 Å². The molecule has 0 unspecified atom stereocenters. The second-order valence-corrected chi connectivity index (χ2v) is 5.94. The summed E-state index contributed by atoms with van der Waals surface area (Å²) < 4.78 is 20.1. The molecule has 140 valence electrons. The van der Waals surface area contributed by atoms with Crippen LogP contribution in [-0.2, 0) is 27.3 Å². The highest BCUT2D eigenvalue weighted by atomic mass is 19.1. The van der Waals surface area contributed by atoms with Crippen molar-refractivity contribution < 1.29 is 18.7 Å². The molecule has 1 amide bonds. The standard InChI is InChI=1S/C18H18FN5O3/c1-11-14(12(2)24-18(23-11)21-10-22-24)7-17(26)27-9-16(25)20-8-13-5-3-4-6-15(13)19/h3-6,10H,7-9H2,1-2H3,(H,20,25). The zero-order chi connectivity index (χ0) is 19.4. The number of nitrogens with one attached hydrogen (secondary N) is 1. The monoisotopic (exact) mass is 371 g/mol. The summed E-state index contributed by atoms with van der Waals surface area (Å²) in [7, 11) is 0. The van der Waals surface area contributed by atoms with E-state index in [0.29, 0.717) is 22.6 Å². The molecule has 0 spiro atoms. The number of aryl methyl sites for hydroxylation is 2. The highest BCUT2D eigenvalue weighted by molar-refractivity contribution is 5.81. The Morgan fingerprint density at radius 3 is 2.81 bits per heavy atom. The number of fused-ring (bicyclic) bond motifs is 1. The summed E-state index contributed by atoms with van der Waals surface area (Å²) >= 11 is 0. The first-order valence-corrected chi connectivity index (χ1v) is 8.27. The number of benzene rings is 1. The van der Waals surface area contributed by atoms with Crippen molar-refractivity contribution in [1.82, 2.24) is 24.9 Å². The number of hydrogen-bond donors (Lipinski definition) is 1. The maximum Gasteiger partial charge on any atom is 0.310 e. The molecule has 2 aromatic heterocycles. The number of aromatic nitrogens is 4. The average molecular weight is 371 g/mol. The van der Waals surface area contributed by atoms with E-state index in [1.165, 1.54) is 16.9 Å². The molecule has 3 rings (SSSR count). The van der Waals surface area contributed by atoms with E-state index >= 15 is 0 Å². The molecule has 0 radical (unpaired) electrons. The van der Waals surface area contributed by atoms with Crippen LogP contribution in [0.3, 0.4) is 0 Å². The van der Waals surface area contributed by atoms with Gasteiger partial charge in [-0.05, 0) is 19.9 Å². The zero-order valence-electron chi connectivity index (χ0n) is 14.9. The largest absolute Gasteiger partial charge is 0.455 e. The molecule has 1 N–H and O–H groups in total. The highest BCUT2D eigenvalue weighted by Crippen LogP contribution is 2.14. The van der Waals surface area contributed by atoms with E-state index < -0.39 is 24.3 Å². The summed E-state index contributed by atoms with van der Waals surface area (Å²) in [6.45, 7) is 3.16. The third-order valence-electron chi connectivity index (χ3n) is 4.11. The summed E-state index contributed by atoms with van der Waals surface area (Å²) in [6, 6.07) is 6.12. The fourth-order valence-corrected chi connectivity index (χ4v) is 2.64. The lowest BCUT2D eigenvalue weighted by molar-refractivity contribution is -0.147. The molecule has 0 bridgehead atoms. The van der Waals surface area contributed by atoms with Gasteiger partial charge in [0.05, 0.1) is 6.42 Å². The van der Waals surface area contributed by atoms with Crippen molar-refractivity contribution in [3.8, 4) is 0 Å². The Labute approximate surface area is 154 Å². The Bertz CT molecular complexity index is 1000. The molecule has 0 fully saturated rings. The van der Waals surface area contributed by atoms with E-state index in [0.717, 1.165) is 5.69 Å². The molecule has 0 saturated carbocycles. The lowest BCUT2D eigenvalue weighted by atomic mass is 10.1. The minimum absolute atomic E-state index is 0.0220. The van der Waals surface area contributed by atoms with Gasteiger partial charge in [-0.25, -0.2) is 13.9 Å². The van der Waals surface area contributed by atoms with Gasteiger partial charge in [-0.2, -0.15) is 10.1 Å². The van der Waals surface area contributed by atoms with Crippen LogP contribution in [0.4, 0.5) is 4.39 Å². The van der Waals surface area contributed by atoms with Gasteiger partial charge in [0.1, 0.15) is 12.1 Å². The molecular weight excluding hydrogens is 353 g/mol. The van der Waals surface area contributed by atoms with E-state index in [9.17, 15) is 14.0 Å². The maximum atomic E-state index is 13.5. The van der Waals surface area contributed by atoms with Crippen LogP contribution >= 0.6 is 0 Å². The number of nitrogens with zero attached hydrogens (tertiary/aromatic N) is 4. The van der Waals surface area contributed by atoms with Crippen molar-refractivity contribution in [1.29, 1.82) is 0 Å². The van der Waals surface area contributed by atoms with Gasteiger partial charge >= 0.3 is 5.97 Å². The number of amides is 1. The highest BCUT2D eigenvalue weighted by Gasteiger charge is 2.16. The SMILES string of the molecule is Cc1nc2ncnn2c(C)c1CC(=O)OCC(=O)NCc1ccccc1F. The number of hydrogen-bond acceptors (Lipinski definition) is 6. The predicted octanol–water partition coefficient (Wildman–Crippen LogP) is 1.28. The molecule has 0 saturated heterocycles. The summed E-state index contributed by atoms with van der Waals surface area (Å²) in [5.41, 5.74) is 2.41. The van der Waals surface area contributed by atoms with Crippen LogP contribution < -0.4 is 5.32 Å². The van der Waals surface area contributed by atoms with Crippen molar-refractivity contribution >= 4 is 17.7 Å². The number of carbonyl (C=O) groups excluding carboxylic acids is 2. The van der Waals surface area contributed by atoms with Crippen molar-refractivity contribution in [2.75, 3.05) is 6.61 Å². The quantitative estimate of drug-likeness (QED) is 0.656. The minimum atomic E-state index is -0.566. The fourth-order valence-electron chi connectivity index (χ4n) is 2.64. The van der Waals surface area contributed by atoms with E-state index in [-0.39, 0.29) is 13.0 Å². The summed E-state index contributed by atoms with van der Waals surface area (Å²) in [5.74, 6) is -1.03. The van der Waals surface area contributed by atoms with Crippen molar-refractivity contribution in [2.24, 2.45) is 0 Å². The third kappa shape index (κ3) is 4.25. The second kappa shape index (κ2) is 7.90. The lowest BCUT2D eigenvalue weighted by Gasteiger charge is -2.10. The molecule has 0 aliphatic heterocycles. The average Bonchev–Trinajstić information content (AvgIpc) is 3.11. The minimum Gasteiger partial charge on any atom is -0.455 e. The number of esters is 1. The number of halogens is 1. The first kappa shape index (κ1) is 18.4. The number of carbonyl (C=O) groups is 2. The van der Waals surface area contributed by atoms with E-state index in [1.807, 2.05) is 0 Å². The van der Waals surface area contributed by atoms with Crippen molar-refractivity contribution in [2.45, 2.75) is 26.8 Å². The van der Waals surface area contributed by atoms with Crippen LogP contribution in [0.15, 0.2) is 30.6 Å². The van der Waals surface area contributed by atoms with Crippen LogP contribution in [0.1, 0.15) is 22.5 Å². The summed E-state index contributed by atoms with van der Waals surface area (Å²) in [6.07, 6.45) is 1.35. The zero-order valence-corrected chi connectivity index (χ0v) is 14.9. The van der Waals surface area contributed by atoms with Crippen molar-refractivity contribution in [3.63, 3.8) is 0 Å². The molecule has 2 heterocycles. The smallest absolute Gasteiger partial charge is 0.310 e. The van der Waals surface area contributed by atoms with Gasteiger partial charge in [0.2, 0.25) is 0 Å². The Kier molecular flexibility index (Phi) is 5.39. The van der Waals surface area contributed by atoms with Gasteiger partial charge in [0, 0.05) is 29.1 Å². The van der Waals surface area contributed by atoms with E-state index in [1.54, 1.807) is 32.0 Å². The van der Waals surface area contributed by atoms with Crippen molar-refractivity contribution in [3.05, 3.63) is 58.9 Å². The molecule has 27 heavy (non-hydrogen) atoms.